The summed E-state index contributed by atoms with van der Waals surface area (Å²) in [4.78, 5) is 18.0. The Hall–Kier alpha value is -2.56. The number of fused-ring (bicyclic) bond motifs is 2. The minimum absolute atomic E-state index is 0. The van der Waals surface area contributed by atoms with Gasteiger partial charge in [-0.2, -0.15) is 0 Å². The maximum absolute atomic E-state index is 13.3. The van der Waals surface area contributed by atoms with Crippen molar-refractivity contribution in [3.05, 3.63) is 76.9 Å². The Bertz CT molecular complexity index is 1190. The first kappa shape index (κ1) is 26.5. The van der Waals surface area contributed by atoms with Crippen molar-refractivity contribution >= 4 is 29.1 Å². The fraction of sp³-hybridized carbons (Fsp3) is 0.452. The lowest BCUT2D eigenvalue weighted by molar-refractivity contribution is 0.0695. The standard InChI is InChI=1S/C31H38N2O2.ClH/c1-23-19-27-14-17-33(31(34)29(27)20-24(23)2)22-25-9-5-6-15-32(21-25)16-8-18-35-30-13-7-11-26-10-3-4-12-28(26)30;/h3-4,7,10-13,19-20,25H,5-6,8-9,14-18,21-22H2,1-2H3;1H. The number of carbonyl (C=O) groups is 1. The Balaban J connectivity index is 0.00000304. The van der Waals surface area contributed by atoms with Crippen LogP contribution in [0.1, 0.15) is 52.7 Å². The van der Waals surface area contributed by atoms with Gasteiger partial charge in [0.2, 0.25) is 0 Å². The molecule has 0 aromatic heterocycles. The fourth-order valence-electron chi connectivity index (χ4n) is 5.76. The van der Waals surface area contributed by atoms with Crippen molar-refractivity contribution in [2.24, 2.45) is 5.92 Å². The largest absolute Gasteiger partial charge is 0.493 e. The molecular formula is C31H39ClN2O2. The topological polar surface area (TPSA) is 32.8 Å². The number of nitrogens with zero attached hydrogens (tertiary/aromatic N) is 2. The van der Waals surface area contributed by atoms with Gasteiger partial charge in [0, 0.05) is 37.1 Å². The second-order valence-electron chi connectivity index (χ2n) is 10.4. The highest BCUT2D eigenvalue weighted by molar-refractivity contribution is 5.97. The molecule has 0 N–H and O–H groups in total. The van der Waals surface area contributed by atoms with Gasteiger partial charge in [-0.3, -0.25) is 4.79 Å². The Morgan fingerprint density at radius 2 is 1.78 bits per heavy atom. The first-order valence-corrected chi connectivity index (χ1v) is 13.3. The number of benzene rings is 3. The third-order valence-corrected chi connectivity index (χ3v) is 7.85. The monoisotopic (exact) mass is 506 g/mol. The van der Waals surface area contributed by atoms with Gasteiger partial charge in [-0.15, -0.1) is 12.4 Å². The molecule has 0 radical (unpaired) electrons. The third kappa shape index (κ3) is 6.04. The van der Waals surface area contributed by atoms with E-state index >= 15 is 0 Å². The lowest BCUT2D eigenvalue weighted by Crippen LogP contribution is -2.43. The Kier molecular flexibility index (Phi) is 8.92. The molecule has 3 aromatic carbocycles. The van der Waals surface area contributed by atoms with Crippen molar-refractivity contribution in [1.29, 1.82) is 0 Å². The molecule has 1 unspecified atom stereocenters. The molecule has 36 heavy (non-hydrogen) atoms. The number of likely N-dealkylation sites (tertiary alicyclic amines) is 1. The van der Waals surface area contributed by atoms with Crippen molar-refractivity contribution in [2.45, 2.75) is 46.0 Å². The molecule has 1 amide bonds. The minimum Gasteiger partial charge on any atom is -0.493 e. The lowest BCUT2D eigenvalue weighted by atomic mass is 9.93. The normalized spacial score (nSPS) is 18.4. The predicted molar refractivity (Wildman–Crippen MR) is 151 cm³/mol. The SMILES string of the molecule is Cc1cc2c(cc1C)C(=O)N(CC1CCCCN(CCCOc3cccc4ccccc34)C1)CC2.Cl. The van der Waals surface area contributed by atoms with Crippen molar-refractivity contribution in [1.82, 2.24) is 9.80 Å². The molecule has 4 nitrogen and oxygen atoms in total. The highest BCUT2D eigenvalue weighted by Gasteiger charge is 2.28. The quantitative estimate of drug-likeness (QED) is 0.345. The molecule has 0 saturated carbocycles. The van der Waals surface area contributed by atoms with Gasteiger partial charge in [0.05, 0.1) is 6.61 Å². The van der Waals surface area contributed by atoms with E-state index < -0.39 is 0 Å². The molecule has 1 fully saturated rings. The van der Waals surface area contributed by atoms with Gasteiger partial charge in [0.15, 0.2) is 0 Å². The van der Waals surface area contributed by atoms with E-state index in [-0.39, 0.29) is 18.3 Å². The molecule has 0 spiro atoms. The molecular weight excluding hydrogens is 468 g/mol. The van der Waals surface area contributed by atoms with Gasteiger partial charge < -0.3 is 14.5 Å². The summed E-state index contributed by atoms with van der Waals surface area (Å²) in [5.74, 6) is 1.76. The van der Waals surface area contributed by atoms with E-state index in [1.54, 1.807) is 0 Å². The summed E-state index contributed by atoms with van der Waals surface area (Å²) in [6, 6.07) is 19.0. The van der Waals surface area contributed by atoms with Crippen LogP contribution >= 0.6 is 12.4 Å². The number of halogens is 1. The third-order valence-electron chi connectivity index (χ3n) is 7.85. The number of hydrogen-bond acceptors (Lipinski definition) is 3. The molecule has 0 aliphatic carbocycles. The number of hydrogen-bond donors (Lipinski definition) is 0. The minimum atomic E-state index is 0. The fourth-order valence-corrected chi connectivity index (χ4v) is 5.76. The Morgan fingerprint density at radius 3 is 2.67 bits per heavy atom. The van der Waals surface area contributed by atoms with Gasteiger partial charge in [-0.25, -0.2) is 0 Å². The zero-order valence-electron chi connectivity index (χ0n) is 21.7. The van der Waals surface area contributed by atoms with Crippen LogP contribution in [0.2, 0.25) is 0 Å². The van der Waals surface area contributed by atoms with E-state index in [2.05, 4.69) is 78.2 Å². The van der Waals surface area contributed by atoms with Crippen LogP contribution in [-0.2, 0) is 6.42 Å². The Labute approximate surface area is 222 Å². The highest BCUT2D eigenvalue weighted by Crippen LogP contribution is 2.27. The first-order chi connectivity index (χ1) is 17.1. The van der Waals surface area contributed by atoms with E-state index in [4.69, 9.17) is 4.74 Å². The molecule has 192 valence electrons. The van der Waals surface area contributed by atoms with Gasteiger partial charge >= 0.3 is 0 Å². The first-order valence-electron chi connectivity index (χ1n) is 13.3. The molecule has 3 aromatic rings. The van der Waals surface area contributed by atoms with Crippen LogP contribution in [0, 0.1) is 19.8 Å². The molecule has 5 heteroatoms. The maximum Gasteiger partial charge on any atom is 0.254 e. The van der Waals surface area contributed by atoms with E-state index in [9.17, 15) is 4.79 Å². The molecule has 5 rings (SSSR count). The van der Waals surface area contributed by atoms with Crippen molar-refractivity contribution in [3.63, 3.8) is 0 Å². The summed E-state index contributed by atoms with van der Waals surface area (Å²) in [5.41, 5.74) is 4.65. The van der Waals surface area contributed by atoms with E-state index in [0.29, 0.717) is 5.92 Å². The molecule has 1 atom stereocenters. The summed E-state index contributed by atoms with van der Waals surface area (Å²) in [6.45, 7) is 10.00. The smallest absolute Gasteiger partial charge is 0.254 e. The number of amides is 1. The molecule has 2 aliphatic rings. The molecule has 1 saturated heterocycles. The number of rotatable bonds is 7. The second-order valence-corrected chi connectivity index (χ2v) is 10.4. The summed E-state index contributed by atoms with van der Waals surface area (Å²) in [5, 5.41) is 2.41. The van der Waals surface area contributed by atoms with Gasteiger partial charge in [0.1, 0.15) is 5.75 Å². The van der Waals surface area contributed by atoms with Gasteiger partial charge in [0.25, 0.3) is 5.91 Å². The van der Waals surface area contributed by atoms with Crippen LogP contribution in [0.3, 0.4) is 0 Å². The van der Waals surface area contributed by atoms with Crippen LogP contribution in [0.25, 0.3) is 10.8 Å². The average Bonchev–Trinajstić information content (AvgIpc) is 3.10. The second kappa shape index (κ2) is 12.1. The summed E-state index contributed by atoms with van der Waals surface area (Å²) >= 11 is 0. The summed E-state index contributed by atoms with van der Waals surface area (Å²) in [7, 11) is 0. The van der Waals surface area contributed by atoms with Crippen molar-refractivity contribution < 1.29 is 9.53 Å². The molecule has 2 heterocycles. The predicted octanol–water partition coefficient (Wildman–Crippen LogP) is 6.45. The van der Waals surface area contributed by atoms with Crippen molar-refractivity contribution in [3.8, 4) is 5.75 Å². The average molecular weight is 507 g/mol. The van der Waals surface area contributed by atoms with Crippen LogP contribution in [0.15, 0.2) is 54.6 Å². The highest BCUT2D eigenvalue weighted by atomic mass is 35.5. The van der Waals surface area contributed by atoms with Crippen LogP contribution in [0.4, 0.5) is 0 Å². The van der Waals surface area contributed by atoms with Crippen LogP contribution < -0.4 is 4.74 Å². The van der Waals surface area contributed by atoms with Crippen molar-refractivity contribution in [2.75, 3.05) is 39.3 Å². The zero-order valence-corrected chi connectivity index (χ0v) is 22.5. The number of carbonyl (C=O) groups excluding carboxylic acids is 1. The zero-order chi connectivity index (χ0) is 24.2. The van der Waals surface area contributed by atoms with Gasteiger partial charge in [-0.1, -0.05) is 48.9 Å². The van der Waals surface area contributed by atoms with Crippen LogP contribution in [-0.4, -0.2) is 55.0 Å². The van der Waals surface area contributed by atoms with E-state index in [0.717, 1.165) is 63.5 Å². The Morgan fingerprint density at radius 1 is 0.972 bits per heavy atom. The van der Waals surface area contributed by atoms with Gasteiger partial charge in [-0.05, 0) is 86.2 Å². The molecule has 0 bridgehead atoms. The molecule has 2 aliphatic heterocycles. The number of aryl methyl sites for hydroxylation is 2. The summed E-state index contributed by atoms with van der Waals surface area (Å²) in [6.07, 6.45) is 5.71. The number of ether oxygens (including phenoxy) is 1. The lowest BCUT2D eigenvalue weighted by Gasteiger charge is -2.33. The maximum atomic E-state index is 13.3. The summed E-state index contributed by atoms with van der Waals surface area (Å²) < 4.78 is 6.18. The van der Waals surface area contributed by atoms with Crippen LogP contribution in [0.5, 0.6) is 5.75 Å². The van der Waals surface area contributed by atoms with E-state index in [1.165, 1.54) is 46.7 Å². The van der Waals surface area contributed by atoms with E-state index in [1.807, 2.05) is 0 Å².